The lowest BCUT2D eigenvalue weighted by Gasteiger charge is -2.31. The molecule has 6 nitrogen and oxygen atoms in total. The van der Waals surface area contributed by atoms with Crippen LogP contribution in [0.15, 0.2) is 54.6 Å². The second-order valence-electron chi connectivity index (χ2n) is 6.34. The lowest BCUT2D eigenvalue weighted by atomic mass is 10.1. The Morgan fingerprint density at radius 1 is 1.15 bits per heavy atom. The average Bonchev–Trinajstić information content (AvgIpc) is 2.73. The maximum atomic E-state index is 12.5. The molecule has 0 aliphatic carbocycles. The van der Waals surface area contributed by atoms with Gasteiger partial charge >= 0.3 is 0 Å². The summed E-state index contributed by atoms with van der Waals surface area (Å²) in [4.78, 5) is 14.8. The van der Waals surface area contributed by atoms with Crippen molar-refractivity contribution in [2.24, 2.45) is 0 Å². The van der Waals surface area contributed by atoms with E-state index in [0.29, 0.717) is 31.1 Å². The fourth-order valence-corrected chi connectivity index (χ4v) is 3.03. The van der Waals surface area contributed by atoms with Crippen molar-refractivity contribution in [3.05, 3.63) is 65.7 Å². The minimum Gasteiger partial charge on any atom is -0.482 e. The molecule has 6 heteroatoms. The monoisotopic (exact) mass is 365 g/mol. The number of rotatable bonds is 7. The first-order chi connectivity index (χ1) is 13.3. The number of morpholine rings is 1. The van der Waals surface area contributed by atoms with Gasteiger partial charge in [-0.1, -0.05) is 42.5 Å². The van der Waals surface area contributed by atoms with E-state index in [0.717, 1.165) is 18.7 Å². The van der Waals surface area contributed by atoms with Crippen LogP contribution in [0.25, 0.3) is 0 Å². The number of nitriles is 1. The summed E-state index contributed by atoms with van der Waals surface area (Å²) in [6, 6.07) is 18.7. The Hall–Kier alpha value is -2.88. The van der Waals surface area contributed by atoms with E-state index >= 15 is 0 Å². The molecule has 2 aromatic rings. The topological polar surface area (TPSA) is 74.6 Å². The Morgan fingerprint density at radius 3 is 2.59 bits per heavy atom. The van der Waals surface area contributed by atoms with Crippen molar-refractivity contribution >= 4 is 5.91 Å². The van der Waals surface area contributed by atoms with Crippen LogP contribution in [0.5, 0.6) is 5.75 Å². The summed E-state index contributed by atoms with van der Waals surface area (Å²) in [6.45, 7) is 3.71. The van der Waals surface area contributed by atoms with Gasteiger partial charge in [-0.3, -0.25) is 9.69 Å². The molecule has 2 aromatic carbocycles. The molecule has 1 aliphatic heterocycles. The highest BCUT2D eigenvalue weighted by Crippen LogP contribution is 2.17. The Kier molecular flexibility index (Phi) is 6.80. The van der Waals surface area contributed by atoms with E-state index in [1.807, 2.05) is 30.3 Å². The largest absolute Gasteiger partial charge is 0.482 e. The predicted molar refractivity (Wildman–Crippen MR) is 101 cm³/mol. The van der Waals surface area contributed by atoms with Gasteiger partial charge in [0.25, 0.3) is 5.91 Å². The quantitative estimate of drug-likeness (QED) is 0.814. The van der Waals surface area contributed by atoms with Crippen molar-refractivity contribution in [3.8, 4) is 11.8 Å². The molecule has 1 unspecified atom stereocenters. The first-order valence-electron chi connectivity index (χ1n) is 9.02. The van der Waals surface area contributed by atoms with Crippen LogP contribution in [0.2, 0.25) is 0 Å². The van der Waals surface area contributed by atoms with E-state index in [4.69, 9.17) is 14.7 Å². The molecular weight excluding hydrogens is 342 g/mol. The second-order valence-corrected chi connectivity index (χ2v) is 6.34. The van der Waals surface area contributed by atoms with Crippen LogP contribution >= 0.6 is 0 Å². The van der Waals surface area contributed by atoms with Crippen LogP contribution in [0.3, 0.4) is 0 Å². The first-order valence-corrected chi connectivity index (χ1v) is 9.02. The average molecular weight is 365 g/mol. The third-order valence-corrected chi connectivity index (χ3v) is 4.45. The minimum atomic E-state index is -0.218. The molecule has 3 rings (SSSR count). The third kappa shape index (κ3) is 5.55. The van der Waals surface area contributed by atoms with Crippen molar-refractivity contribution in [3.63, 3.8) is 0 Å². The smallest absolute Gasteiger partial charge is 0.258 e. The van der Waals surface area contributed by atoms with Crippen LogP contribution in [-0.4, -0.2) is 50.3 Å². The standard InChI is InChI=1S/C21H23N3O3/c22-14-18-8-4-5-9-20(18)27-16-21(25)23-19(17-6-2-1-3-7-17)15-24-10-12-26-13-11-24/h1-9,19H,10-13,15-16H2,(H,23,25). The number of amides is 1. The van der Waals surface area contributed by atoms with Gasteiger partial charge in [0.2, 0.25) is 0 Å². The third-order valence-electron chi connectivity index (χ3n) is 4.45. The zero-order chi connectivity index (χ0) is 18.9. The molecule has 140 valence electrons. The van der Waals surface area contributed by atoms with Crippen molar-refractivity contribution in [2.45, 2.75) is 6.04 Å². The Balaban J connectivity index is 1.62. The van der Waals surface area contributed by atoms with Crippen LogP contribution in [0, 0.1) is 11.3 Å². The Morgan fingerprint density at radius 2 is 1.85 bits per heavy atom. The zero-order valence-corrected chi connectivity index (χ0v) is 15.1. The van der Waals surface area contributed by atoms with Crippen LogP contribution < -0.4 is 10.1 Å². The van der Waals surface area contributed by atoms with E-state index in [9.17, 15) is 4.79 Å². The van der Waals surface area contributed by atoms with Crippen LogP contribution in [0.1, 0.15) is 17.2 Å². The molecule has 0 spiro atoms. The maximum absolute atomic E-state index is 12.5. The normalized spacial score (nSPS) is 15.5. The van der Waals surface area contributed by atoms with Gasteiger partial charge in [0.05, 0.1) is 24.8 Å². The van der Waals surface area contributed by atoms with E-state index < -0.39 is 0 Å². The van der Waals surface area contributed by atoms with Crippen molar-refractivity contribution in [1.82, 2.24) is 10.2 Å². The molecule has 1 N–H and O–H groups in total. The van der Waals surface area contributed by atoms with Crippen LogP contribution in [-0.2, 0) is 9.53 Å². The van der Waals surface area contributed by atoms with Gasteiger partial charge in [-0.25, -0.2) is 0 Å². The molecule has 1 saturated heterocycles. The minimum absolute atomic E-state index is 0.133. The number of hydrogen-bond acceptors (Lipinski definition) is 5. The molecule has 1 aliphatic rings. The summed E-state index contributed by atoms with van der Waals surface area (Å²) >= 11 is 0. The maximum Gasteiger partial charge on any atom is 0.258 e. The molecule has 0 saturated carbocycles. The van der Waals surface area contributed by atoms with Crippen LogP contribution in [0.4, 0.5) is 0 Å². The second kappa shape index (κ2) is 9.72. The molecule has 1 fully saturated rings. The van der Waals surface area contributed by atoms with Crippen molar-refractivity contribution in [1.29, 1.82) is 5.26 Å². The predicted octanol–water partition coefficient (Wildman–Crippen LogP) is 2.13. The summed E-state index contributed by atoms with van der Waals surface area (Å²) in [6.07, 6.45) is 0. The number of benzene rings is 2. The molecule has 0 bridgehead atoms. The summed E-state index contributed by atoms with van der Waals surface area (Å²) in [5, 5.41) is 12.2. The summed E-state index contributed by atoms with van der Waals surface area (Å²) in [5.41, 5.74) is 1.47. The number of carbonyl (C=O) groups excluding carboxylic acids is 1. The van der Waals surface area contributed by atoms with Gasteiger partial charge in [0.1, 0.15) is 11.8 Å². The highest BCUT2D eigenvalue weighted by molar-refractivity contribution is 5.78. The highest BCUT2D eigenvalue weighted by atomic mass is 16.5. The summed E-state index contributed by atoms with van der Waals surface area (Å²) < 4.78 is 11.0. The van der Waals surface area contributed by atoms with Gasteiger partial charge in [-0.15, -0.1) is 0 Å². The van der Waals surface area contributed by atoms with Gasteiger partial charge < -0.3 is 14.8 Å². The summed E-state index contributed by atoms with van der Waals surface area (Å²) in [7, 11) is 0. The molecule has 1 amide bonds. The first kappa shape index (κ1) is 18.9. The van der Waals surface area contributed by atoms with E-state index in [2.05, 4.69) is 16.3 Å². The lowest BCUT2D eigenvalue weighted by molar-refractivity contribution is -0.124. The van der Waals surface area contributed by atoms with Gasteiger partial charge in [0.15, 0.2) is 6.61 Å². The molecule has 1 heterocycles. The summed E-state index contributed by atoms with van der Waals surface area (Å²) in [5.74, 6) is 0.199. The van der Waals surface area contributed by atoms with Gasteiger partial charge in [0, 0.05) is 19.6 Å². The fraction of sp³-hybridized carbons (Fsp3) is 0.333. The fourth-order valence-electron chi connectivity index (χ4n) is 3.03. The lowest BCUT2D eigenvalue weighted by Crippen LogP contribution is -2.44. The number of para-hydroxylation sites is 1. The van der Waals surface area contributed by atoms with E-state index in [1.165, 1.54) is 0 Å². The van der Waals surface area contributed by atoms with Crippen molar-refractivity contribution in [2.75, 3.05) is 39.5 Å². The Labute approximate surface area is 159 Å². The Bertz CT molecular complexity index is 783. The van der Waals surface area contributed by atoms with Gasteiger partial charge in [-0.05, 0) is 17.7 Å². The highest BCUT2D eigenvalue weighted by Gasteiger charge is 2.20. The number of nitrogens with zero attached hydrogens (tertiary/aromatic N) is 2. The number of carbonyl (C=O) groups is 1. The molecule has 27 heavy (non-hydrogen) atoms. The zero-order valence-electron chi connectivity index (χ0n) is 15.1. The van der Waals surface area contributed by atoms with Crippen molar-refractivity contribution < 1.29 is 14.3 Å². The molecule has 0 aromatic heterocycles. The van der Waals surface area contributed by atoms with E-state index in [-0.39, 0.29) is 18.6 Å². The molecular formula is C21H23N3O3. The van der Waals surface area contributed by atoms with E-state index in [1.54, 1.807) is 24.3 Å². The SMILES string of the molecule is N#Cc1ccccc1OCC(=O)NC(CN1CCOCC1)c1ccccc1. The number of hydrogen-bond donors (Lipinski definition) is 1. The molecule has 0 radical (unpaired) electrons. The van der Waals surface area contributed by atoms with Gasteiger partial charge in [-0.2, -0.15) is 5.26 Å². The molecule has 1 atom stereocenters. The number of ether oxygens (including phenoxy) is 2. The number of nitrogens with one attached hydrogen (secondary N) is 1.